The van der Waals surface area contributed by atoms with Crippen LogP contribution in [0, 0.1) is 0 Å². The summed E-state index contributed by atoms with van der Waals surface area (Å²) in [4.78, 5) is 0. The monoisotopic (exact) mass is 288 g/mol. The van der Waals surface area contributed by atoms with Crippen LogP contribution in [-0.4, -0.2) is 32.8 Å². The number of rotatable bonds is 5. The molecule has 6 heteroatoms. The molecule has 2 rings (SSSR count). The van der Waals surface area contributed by atoms with Crippen LogP contribution in [0.4, 0.5) is 0 Å². The van der Waals surface area contributed by atoms with Gasteiger partial charge in [0, 0.05) is 12.6 Å². The Kier molecular flexibility index (Phi) is 4.77. The second-order valence-corrected chi connectivity index (χ2v) is 7.64. The molecule has 1 aromatic rings. The van der Waals surface area contributed by atoms with E-state index in [-0.39, 0.29) is 11.3 Å². The van der Waals surface area contributed by atoms with Crippen molar-refractivity contribution in [3.8, 4) is 0 Å². The third-order valence-electron chi connectivity index (χ3n) is 3.18. The van der Waals surface area contributed by atoms with Gasteiger partial charge >= 0.3 is 0 Å². The zero-order valence-electron chi connectivity index (χ0n) is 10.6. The highest BCUT2D eigenvalue weighted by Gasteiger charge is 2.28. The van der Waals surface area contributed by atoms with Crippen LogP contribution < -0.4 is 10.0 Å². The van der Waals surface area contributed by atoms with E-state index in [4.69, 9.17) is 0 Å². The van der Waals surface area contributed by atoms with Crippen LogP contribution in [0.1, 0.15) is 25.3 Å². The molecule has 2 N–H and O–H groups in total. The van der Waals surface area contributed by atoms with Crippen molar-refractivity contribution < 1.29 is 8.42 Å². The van der Waals surface area contributed by atoms with E-state index in [0.29, 0.717) is 6.54 Å². The molecule has 4 nitrogen and oxygen atoms in total. The maximum absolute atomic E-state index is 12.2. The molecule has 18 heavy (non-hydrogen) atoms. The minimum absolute atomic E-state index is 0.0495. The summed E-state index contributed by atoms with van der Waals surface area (Å²) in [5.74, 6) is 0. The van der Waals surface area contributed by atoms with Gasteiger partial charge in [0.15, 0.2) is 0 Å². The Bertz CT molecular complexity index is 450. The van der Waals surface area contributed by atoms with E-state index in [0.717, 1.165) is 25.8 Å². The van der Waals surface area contributed by atoms with Crippen molar-refractivity contribution in [1.29, 1.82) is 0 Å². The third kappa shape index (κ3) is 3.78. The molecule has 0 aliphatic carbocycles. The van der Waals surface area contributed by atoms with Gasteiger partial charge in [-0.25, -0.2) is 13.1 Å². The Morgan fingerprint density at radius 1 is 1.61 bits per heavy atom. The highest BCUT2D eigenvalue weighted by atomic mass is 32.2. The molecule has 2 heterocycles. The fraction of sp³-hybridized carbons (Fsp3) is 0.667. The Labute approximate surface area is 113 Å². The van der Waals surface area contributed by atoms with Gasteiger partial charge in [0.25, 0.3) is 0 Å². The summed E-state index contributed by atoms with van der Waals surface area (Å²) in [6, 6.07) is 1.99. The van der Waals surface area contributed by atoms with Gasteiger partial charge in [-0.15, -0.1) is 0 Å². The topological polar surface area (TPSA) is 58.2 Å². The zero-order valence-corrected chi connectivity index (χ0v) is 12.2. The van der Waals surface area contributed by atoms with Crippen molar-refractivity contribution in [2.24, 2.45) is 0 Å². The second-order valence-electron chi connectivity index (χ2n) is 4.87. The summed E-state index contributed by atoms with van der Waals surface area (Å²) in [6.45, 7) is 3.42. The molecule has 0 spiro atoms. The molecular weight excluding hydrogens is 268 g/mol. The van der Waals surface area contributed by atoms with Gasteiger partial charge in [-0.3, -0.25) is 0 Å². The minimum atomic E-state index is -3.19. The lowest BCUT2D eigenvalue weighted by Gasteiger charge is -2.25. The molecule has 0 amide bonds. The molecule has 0 radical (unpaired) electrons. The molecule has 1 aromatic heterocycles. The van der Waals surface area contributed by atoms with Crippen molar-refractivity contribution in [3.05, 3.63) is 22.4 Å². The quantitative estimate of drug-likeness (QED) is 0.860. The van der Waals surface area contributed by atoms with Crippen molar-refractivity contribution in [2.75, 3.05) is 13.1 Å². The van der Waals surface area contributed by atoms with Crippen LogP contribution in [0.2, 0.25) is 0 Å². The Morgan fingerprint density at radius 3 is 3.06 bits per heavy atom. The molecule has 1 saturated heterocycles. The predicted molar refractivity (Wildman–Crippen MR) is 75.4 cm³/mol. The van der Waals surface area contributed by atoms with Gasteiger partial charge in [0.1, 0.15) is 0 Å². The maximum Gasteiger partial charge on any atom is 0.215 e. The largest absolute Gasteiger partial charge is 0.315 e. The molecule has 2 unspecified atom stereocenters. The molecule has 0 saturated carbocycles. The van der Waals surface area contributed by atoms with Gasteiger partial charge in [-0.1, -0.05) is 0 Å². The van der Waals surface area contributed by atoms with Gasteiger partial charge in [0.05, 0.1) is 5.25 Å². The molecular formula is C12H20N2O2S2. The summed E-state index contributed by atoms with van der Waals surface area (Å²) in [7, 11) is -3.19. The summed E-state index contributed by atoms with van der Waals surface area (Å²) in [5.41, 5.74) is 1.19. The first-order valence-electron chi connectivity index (χ1n) is 6.31. The van der Waals surface area contributed by atoms with Gasteiger partial charge in [0.2, 0.25) is 10.0 Å². The van der Waals surface area contributed by atoms with E-state index in [1.807, 2.05) is 18.4 Å². The highest BCUT2D eigenvalue weighted by molar-refractivity contribution is 7.90. The minimum Gasteiger partial charge on any atom is -0.315 e. The zero-order chi connectivity index (χ0) is 13.0. The van der Waals surface area contributed by atoms with E-state index in [2.05, 4.69) is 15.4 Å². The lowest BCUT2D eigenvalue weighted by Crippen LogP contribution is -2.47. The maximum atomic E-state index is 12.2. The average Bonchev–Trinajstić information content (AvgIpc) is 2.82. The summed E-state index contributed by atoms with van der Waals surface area (Å²) >= 11 is 1.64. The van der Waals surface area contributed by atoms with Crippen molar-refractivity contribution >= 4 is 21.4 Å². The van der Waals surface area contributed by atoms with E-state index < -0.39 is 10.0 Å². The van der Waals surface area contributed by atoms with Crippen LogP contribution in [0.5, 0.6) is 0 Å². The first-order valence-corrected chi connectivity index (χ1v) is 8.80. The van der Waals surface area contributed by atoms with Crippen LogP contribution in [0.25, 0.3) is 0 Å². The van der Waals surface area contributed by atoms with E-state index >= 15 is 0 Å². The standard InChI is InChI=1S/C12H20N2O2S2/c1-10(7-11-4-6-17-9-11)14-18(15,16)12-3-2-5-13-8-12/h4,6,9-10,12-14H,2-3,5,7-8H2,1H3. The summed E-state index contributed by atoms with van der Waals surface area (Å²) < 4.78 is 27.2. The summed E-state index contributed by atoms with van der Waals surface area (Å²) in [5, 5.41) is 6.94. The number of hydrogen-bond acceptors (Lipinski definition) is 4. The first kappa shape index (κ1) is 14.0. The lowest BCUT2D eigenvalue weighted by molar-refractivity contribution is 0.483. The highest BCUT2D eigenvalue weighted by Crippen LogP contribution is 2.13. The Morgan fingerprint density at radius 2 is 2.44 bits per heavy atom. The van der Waals surface area contributed by atoms with Crippen LogP contribution in [0.3, 0.4) is 0 Å². The van der Waals surface area contributed by atoms with Gasteiger partial charge in [-0.2, -0.15) is 11.3 Å². The van der Waals surface area contributed by atoms with E-state index in [1.165, 1.54) is 5.56 Å². The molecule has 102 valence electrons. The average molecular weight is 288 g/mol. The Balaban J connectivity index is 1.90. The molecule has 1 aliphatic heterocycles. The smallest absolute Gasteiger partial charge is 0.215 e. The number of thiophene rings is 1. The van der Waals surface area contributed by atoms with Crippen molar-refractivity contribution in [2.45, 2.75) is 37.5 Å². The summed E-state index contributed by atoms with van der Waals surface area (Å²) in [6.07, 6.45) is 2.45. The molecule has 2 atom stereocenters. The molecule has 0 aromatic carbocycles. The lowest BCUT2D eigenvalue weighted by atomic mass is 10.1. The van der Waals surface area contributed by atoms with Gasteiger partial charge in [-0.05, 0) is 55.1 Å². The first-order chi connectivity index (χ1) is 8.58. The molecule has 1 aliphatic rings. The molecule has 0 bridgehead atoms. The van der Waals surface area contributed by atoms with Crippen LogP contribution in [0.15, 0.2) is 16.8 Å². The third-order valence-corrected chi connectivity index (χ3v) is 5.92. The predicted octanol–water partition coefficient (Wildman–Crippen LogP) is 1.35. The van der Waals surface area contributed by atoms with E-state index in [9.17, 15) is 8.42 Å². The van der Waals surface area contributed by atoms with Gasteiger partial charge < -0.3 is 5.32 Å². The molecule has 1 fully saturated rings. The second kappa shape index (κ2) is 6.14. The number of nitrogens with one attached hydrogen (secondary N) is 2. The van der Waals surface area contributed by atoms with Crippen molar-refractivity contribution in [1.82, 2.24) is 10.0 Å². The SMILES string of the molecule is CC(Cc1ccsc1)NS(=O)(=O)C1CCCNC1. The van der Waals surface area contributed by atoms with Crippen LogP contribution >= 0.6 is 11.3 Å². The fourth-order valence-electron chi connectivity index (χ4n) is 2.27. The normalized spacial score (nSPS) is 22.8. The van der Waals surface area contributed by atoms with Crippen molar-refractivity contribution in [3.63, 3.8) is 0 Å². The number of piperidine rings is 1. The number of hydrogen-bond donors (Lipinski definition) is 2. The fourth-order valence-corrected chi connectivity index (χ4v) is 4.60. The number of sulfonamides is 1. The van der Waals surface area contributed by atoms with Crippen LogP contribution in [-0.2, 0) is 16.4 Å². The Hall–Kier alpha value is -0.430. The van der Waals surface area contributed by atoms with E-state index in [1.54, 1.807) is 11.3 Å².